The third kappa shape index (κ3) is 54.7. The van der Waals surface area contributed by atoms with Crippen molar-refractivity contribution in [2.75, 3.05) is 0 Å². The summed E-state index contributed by atoms with van der Waals surface area (Å²) >= 11 is 0. The minimum absolute atomic E-state index is 0. The van der Waals surface area contributed by atoms with E-state index in [1.807, 2.05) is 19.9 Å². The predicted octanol–water partition coefficient (Wildman–Crippen LogP) is 18.8. The van der Waals surface area contributed by atoms with Crippen molar-refractivity contribution in [3.8, 4) is 0 Å². The van der Waals surface area contributed by atoms with Crippen molar-refractivity contribution in [2.24, 2.45) is 0 Å². The van der Waals surface area contributed by atoms with Crippen LogP contribution in [0.15, 0.2) is 91.0 Å². The molecule has 0 aromatic heterocycles. The second-order valence-corrected chi connectivity index (χ2v) is 25.8. The first kappa shape index (κ1) is 76.0. The lowest BCUT2D eigenvalue weighted by Crippen LogP contribution is -2.51. The largest absolute Gasteiger partial charge is 0.437 e. The Morgan fingerprint density at radius 2 is 0.585 bits per heavy atom. The van der Waals surface area contributed by atoms with Crippen molar-refractivity contribution in [3.63, 3.8) is 0 Å². The van der Waals surface area contributed by atoms with Crippen molar-refractivity contribution >= 4 is 25.2 Å². The molecule has 0 saturated carbocycles. The van der Waals surface area contributed by atoms with Gasteiger partial charge >= 0.3 is 8.56 Å². The molecular formula is C48H104O2Si3. The molecule has 0 bridgehead atoms. The van der Waals surface area contributed by atoms with Gasteiger partial charge in [0.2, 0.25) is 0 Å². The van der Waals surface area contributed by atoms with Crippen LogP contribution in [0.4, 0.5) is 0 Å². The summed E-state index contributed by atoms with van der Waals surface area (Å²) in [6.07, 6.45) is 5.92. The molecule has 0 spiro atoms. The van der Waals surface area contributed by atoms with Gasteiger partial charge in [-0.3, -0.25) is 0 Å². The molecule has 0 aliphatic heterocycles. The van der Waals surface area contributed by atoms with Gasteiger partial charge in [0.1, 0.15) is 0 Å². The van der Waals surface area contributed by atoms with E-state index in [4.69, 9.17) is 8.23 Å². The van der Waals surface area contributed by atoms with Crippen LogP contribution in [0.25, 0.3) is 0 Å². The van der Waals surface area contributed by atoms with Crippen molar-refractivity contribution in [1.29, 1.82) is 0 Å². The maximum atomic E-state index is 6.30. The number of hydrogen-bond donors (Lipinski definition) is 0. The molecule has 0 aliphatic carbocycles. The van der Waals surface area contributed by atoms with Crippen LogP contribution in [0.5, 0.6) is 0 Å². The maximum Gasteiger partial charge on any atom is 0.311 e. The van der Waals surface area contributed by atoms with E-state index in [0.29, 0.717) is 0 Å². The Labute approximate surface area is 343 Å². The summed E-state index contributed by atoms with van der Waals surface area (Å²) in [4.78, 5) is 0. The van der Waals surface area contributed by atoms with Gasteiger partial charge in [-0.25, -0.2) is 0 Å². The molecule has 320 valence electrons. The molecule has 3 aromatic rings. The molecule has 0 heterocycles. The van der Waals surface area contributed by atoms with Gasteiger partial charge < -0.3 is 8.23 Å². The lowest BCUT2D eigenvalue weighted by atomic mass is 10.1. The van der Waals surface area contributed by atoms with Crippen LogP contribution in [0.1, 0.15) is 157 Å². The van der Waals surface area contributed by atoms with E-state index >= 15 is 0 Å². The van der Waals surface area contributed by atoms with E-state index in [1.165, 1.54) is 48.0 Å². The molecule has 0 fully saturated rings. The summed E-state index contributed by atoms with van der Waals surface area (Å²) in [5.74, 6) is 0. The number of rotatable bonds is 9. The molecule has 3 aromatic carbocycles. The Bertz CT molecular complexity index is 931. The first-order valence-corrected chi connectivity index (χ1v) is 27.7. The molecule has 0 amide bonds. The fraction of sp³-hybridized carbons (Fsp3) is 0.625. The van der Waals surface area contributed by atoms with Gasteiger partial charge in [0.05, 0.1) is 0 Å². The lowest BCUT2D eigenvalue weighted by molar-refractivity contribution is 0.390. The summed E-state index contributed by atoms with van der Waals surface area (Å²) < 4.78 is 12.6. The Morgan fingerprint density at radius 3 is 0.755 bits per heavy atom. The number of aryl methyl sites for hydroxylation is 1. The van der Waals surface area contributed by atoms with E-state index in [-0.39, 0.29) is 44.6 Å². The Kier molecular flexibility index (Phi) is 72.1. The fourth-order valence-electron chi connectivity index (χ4n) is 3.64. The first-order chi connectivity index (χ1) is 22.2. The first-order valence-electron chi connectivity index (χ1n) is 18.7. The minimum atomic E-state index is -1.89. The van der Waals surface area contributed by atoms with Crippen LogP contribution >= 0.6 is 0 Å². The topological polar surface area (TPSA) is 18.5 Å². The molecule has 0 aliphatic rings. The normalized spacial score (nSPS) is 9.00. The second-order valence-electron chi connectivity index (χ2n) is 12.9. The fourth-order valence-corrected chi connectivity index (χ4v) is 16.0. The molecule has 3 rings (SSSR count). The number of hydrogen-bond acceptors (Lipinski definition) is 2. The van der Waals surface area contributed by atoms with E-state index in [1.54, 1.807) is 0 Å². The standard InChI is InChI=1S/C13H12.C10H28O2Si3.C8H10.3C3H8.C2H6.6CH4/c1-3-7-12(8-4-1)11-13-9-5-2-6-10-13;1-9-13(3,4)11-15(7,8)12-14(5,6)10-2;1-2-8-6-4-3-5-7-8;3*1-3-2;1-2;;;;;;/h1-10H,11H2;9-10H2,1-8H3;3-7H,2H2,1H3;3*3H2,1-2H3;1-2H3;6*1H4. The van der Waals surface area contributed by atoms with Crippen LogP contribution in [-0.4, -0.2) is 25.2 Å². The van der Waals surface area contributed by atoms with E-state index in [0.717, 1.165) is 12.8 Å². The van der Waals surface area contributed by atoms with Crippen molar-refractivity contribution in [2.45, 2.75) is 204 Å². The minimum Gasteiger partial charge on any atom is -0.437 e. The highest BCUT2D eigenvalue weighted by molar-refractivity contribution is 6.87. The average molecular weight is 798 g/mol. The van der Waals surface area contributed by atoms with Crippen LogP contribution in [0.3, 0.4) is 0 Å². The average Bonchev–Trinajstić information content (AvgIpc) is 3.04. The van der Waals surface area contributed by atoms with Gasteiger partial charge in [-0.2, -0.15) is 0 Å². The van der Waals surface area contributed by atoms with Gasteiger partial charge in [0.15, 0.2) is 16.6 Å². The summed E-state index contributed by atoms with van der Waals surface area (Å²) in [5.41, 5.74) is 4.15. The zero-order valence-corrected chi connectivity index (χ0v) is 37.4. The molecule has 0 radical (unpaired) electrons. The van der Waals surface area contributed by atoms with Crippen LogP contribution in [0, 0.1) is 0 Å². The van der Waals surface area contributed by atoms with E-state index in [2.05, 4.69) is 187 Å². The highest BCUT2D eigenvalue weighted by Gasteiger charge is 2.38. The van der Waals surface area contributed by atoms with E-state index in [9.17, 15) is 0 Å². The van der Waals surface area contributed by atoms with Gasteiger partial charge in [0.25, 0.3) is 0 Å². The predicted molar refractivity (Wildman–Crippen MR) is 267 cm³/mol. The molecular weight excluding hydrogens is 693 g/mol. The van der Waals surface area contributed by atoms with Crippen molar-refractivity contribution in [1.82, 2.24) is 0 Å². The van der Waals surface area contributed by atoms with Crippen LogP contribution in [0.2, 0.25) is 51.4 Å². The van der Waals surface area contributed by atoms with Gasteiger partial charge in [-0.05, 0) is 80.9 Å². The SMILES string of the molecule is C.C.C.C.C.C.CC.CCC.CCC.CCC.CC[Si](C)(C)O[Si](C)(C)O[Si](C)(C)CC.CCc1ccccc1.c1ccc(Cc2ccccc2)cc1. The lowest BCUT2D eigenvalue weighted by Gasteiger charge is -2.38. The van der Waals surface area contributed by atoms with Gasteiger partial charge in [-0.1, -0.05) is 231 Å². The molecule has 0 saturated heterocycles. The molecule has 0 N–H and O–H groups in total. The third-order valence-corrected chi connectivity index (χ3v) is 17.9. The summed E-state index contributed by atoms with van der Waals surface area (Å²) in [6, 6.07) is 33.9. The zero-order valence-electron chi connectivity index (χ0n) is 34.4. The summed E-state index contributed by atoms with van der Waals surface area (Å²) in [7, 11) is -4.83. The Balaban J connectivity index is -0.0000000557. The van der Waals surface area contributed by atoms with E-state index < -0.39 is 25.2 Å². The highest BCUT2D eigenvalue weighted by atomic mass is 28.5. The Morgan fingerprint density at radius 1 is 0.377 bits per heavy atom. The number of benzene rings is 3. The second kappa shape index (κ2) is 50.2. The molecule has 0 atom stereocenters. The van der Waals surface area contributed by atoms with Crippen molar-refractivity contribution < 1.29 is 8.23 Å². The quantitative estimate of drug-likeness (QED) is 0.201. The van der Waals surface area contributed by atoms with Crippen LogP contribution in [-0.2, 0) is 21.1 Å². The third-order valence-electron chi connectivity index (χ3n) is 6.09. The van der Waals surface area contributed by atoms with Crippen molar-refractivity contribution in [3.05, 3.63) is 108 Å². The Hall–Kier alpha value is -1.77. The van der Waals surface area contributed by atoms with Crippen LogP contribution < -0.4 is 0 Å². The zero-order chi connectivity index (χ0) is 37.2. The molecule has 2 nitrogen and oxygen atoms in total. The smallest absolute Gasteiger partial charge is 0.311 e. The highest BCUT2D eigenvalue weighted by Crippen LogP contribution is 2.23. The molecule has 53 heavy (non-hydrogen) atoms. The summed E-state index contributed by atoms with van der Waals surface area (Å²) in [6.45, 7) is 36.9. The summed E-state index contributed by atoms with van der Waals surface area (Å²) in [5, 5.41) is 0. The molecule has 5 heteroatoms. The molecule has 0 unspecified atom stereocenters. The van der Waals surface area contributed by atoms with Gasteiger partial charge in [0, 0.05) is 0 Å². The van der Waals surface area contributed by atoms with Gasteiger partial charge in [-0.15, -0.1) is 0 Å². The monoisotopic (exact) mass is 797 g/mol. The maximum absolute atomic E-state index is 6.30.